The molecule has 4 nitrogen and oxygen atoms in total. The fourth-order valence-electron chi connectivity index (χ4n) is 1.41. The Balaban J connectivity index is 2.34. The van der Waals surface area contributed by atoms with E-state index in [1.54, 1.807) is 7.11 Å². The number of hydrogen-bond donors (Lipinski definition) is 3. The first kappa shape index (κ1) is 12.8. The van der Waals surface area contributed by atoms with E-state index in [4.69, 9.17) is 10.5 Å². The van der Waals surface area contributed by atoms with Gasteiger partial charge in [-0.3, -0.25) is 0 Å². The zero-order valence-electron chi connectivity index (χ0n) is 9.86. The predicted octanol–water partition coefficient (Wildman–Crippen LogP) is 1.39. The van der Waals surface area contributed by atoms with Gasteiger partial charge in [-0.2, -0.15) is 0 Å². The van der Waals surface area contributed by atoms with Crippen LogP contribution in [-0.2, 0) is 4.74 Å². The lowest BCUT2D eigenvalue weighted by Crippen LogP contribution is -2.18. The van der Waals surface area contributed by atoms with Gasteiger partial charge in [0.15, 0.2) is 0 Å². The average molecular weight is 224 g/mol. The molecular weight excluding hydrogens is 204 g/mol. The summed E-state index contributed by atoms with van der Waals surface area (Å²) in [5.74, 6) is 0. The third-order valence-corrected chi connectivity index (χ3v) is 2.44. The van der Waals surface area contributed by atoms with E-state index in [1.807, 2.05) is 25.1 Å². The number of ether oxygens (including phenoxy) is 1. The van der Waals surface area contributed by atoms with Gasteiger partial charge in [0.2, 0.25) is 0 Å². The highest BCUT2D eigenvalue weighted by atomic mass is 16.5. The number of rotatable bonds is 6. The first-order chi connectivity index (χ1) is 7.63. The summed E-state index contributed by atoms with van der Waals surface area (Å²) in [4.78, 5) is 0. The Kier molecular flexibility index (Phi) is 5.08. The van der Waals surface area contributed by atoms with Crippen LogP contribution in [0.3, 0.4) is 0 Å². The summed E-state index contributed by atoms with van der Waals surface area (Å²) in [6.07, 6.45) is 0.238. The molecule has 16 heavy (non-hydrogen) atoms. The summed E-state index contributed by atoms with van der Waals surface area (Å²) in [6, 6.07) is 5.86. The number of benzene rings is 1. The van der Waals surface area contributed by atoms with Gasteiger partial charge in [-0.15, -0.1) is 0 Å². The summed E-state index contributed by atoms with van der Waals surface area (Å²) in [6.45, 7) is 3.05. The Hall–Kier alpha value is -1.26. The second-order valence-electron chi connectivity index (χ2n) is 3.90. The molecule has 4 heteroatoms. The molecular formula is C12H20N2O2. The minimum absolute atomic E-state index is 0.373. The number of nitrogen functional groups attached to an aromatic ring is 1. The first-order valence-electron chi connectivity index (χ1n) is 5.40. The Labute approximate surface area is 96.4 Å². The highest BCUT2D eigenvalue weighted by Gasteiger charge is 2.02. The van der Waals surface area contributed by atoms with Crippen LogP contribution in [0.25, 0.3) is 0 Å². The molecule has 0 radical (unpaired) electrons. The summed E-state index contributed by atoms with van der Waals surface area (Å²) in [7, 11) is 1.58. The molecule has 0 saturated heterocycles. The molecule has 0 saturated carbocycles. The number of hydrogen-bond acceptors (Lipinski definition) is 4. The molecule has 90 valence electrons. The number of nitrogens with one attached hydrogen (secondary N) is 1. The van der Waals surface area contributed by atoms with Gasteiger partial charge < -0.3 is 20.9 Å². The minimum Gasteiger partial charge on any atom is -0.398 e. The van der Waals surface area contributed by atoms with E-state index >= 15 is 0 Å². The van der Waals surface area contributed by atoms with Crippen molar-refractivity contribution >= 4 is 11.4 Å². The quantitative estimate of drug-likeness (QED) is 0.639. The van der Waals surface area contributed by atoms with Crippen molar-refractivity contribution in [1.82, 2.24) is 0 Å². The zero-order valence-corrected chi connectivity index (χ0v) is 9.86. The van der Waals surface area contributed by atoms with Crippen LogP contribution < -0.4 is 11.1 Å². The van der Waals surface area contributed by atoms with Gasteiger partial charge in [-0.05, 0) is 31.0 Å². The van der Waals surface area contributed by atoms with Crippen molar-refractivity contribution in [3.63, 3.8) is 0 Å². The molecule has 0 aliphatic rings. The lowest BCUT2D eigenvalue weighted by molar-refractivity contribution is 0.0615. The number of nitrogens with two attached hydrogens (primary N) is 1. The molecule has 0 bridgehead atoms. The molecule has 1 aromatic rings. The lowest BCUT2D eigenvalue weighted by Gasteiger charge is -2.11. The van der Waals surface area contributed by atoms with Gasteiger partial charge in [0.25, 0.3) is 0 Å². The standard InChI is InChI=1S/C12H20N2O2/c1-9-3-4-10(7-12(9)13)14-6-5-11(15)8-16-2/h3-4,7,11,14-15H,5-6,8,13H2,1-2H3. The second-order valence-corrected chi connectivity index (χ2v) is 3.90. The maximum Gasteiger partial charge on any atom is 0.0790 e. The highest BCUT2D eigenvalue weighted by Crippen LogP contribution is 2.16. The summed E-state index contributed by atoms with van der Waals surface area (Å²) in [5, 5.41) is 12.6. The van der Waals surface area contributed by atoms with Gasteiger partial charge in [-0.1, -0.05) is 6.07 Å². The molecule has 0 amide bonds. The van der Waals surface area contributed by atoms with Crippen molar-refractivity contribution in [3.8, 4) is 0 Å². The van der Waals surface area contributed by atoms with Crippen LogP contribution >= 0.6 is 0 Å². The molecule has 4 N–H and O–H groups in total. The van der Waals surface area contributed by atoms with Crippen molar-refractivity contribution in [2.75, 3.05) is 31.3 Å². The first-order valence-corrected chi connectivity index (χ1v) is 5.40. The van der Waals surface area contributed by atoms with Crippen LogP contribution in [0.1, 0.15) is 12.0 Å². The predicted molar refractivity (Wildman–Crippen MR) is 66.6 cm³/mol. The van der Waals surface area contributed by atoms with Crippen molar-refractivity contribution in [3.05, 3.63) is 23.8 Å². The topological polar surface area (TPSA) is 67.5 Å². The maximum atomic E-state index is 9.44. The Morgan fingerprint density at radius 2 is 2.25 bits per heavy atom. The van der Waals surface area contributed by atoms with Gasteiger partial charge in [0.05, 0.1) is 12.7 Å². The Bertz CT molecular complexity index is 329. The normalized spacial score (nSPS) is 12.4. The van der Waals surface area contributed by atoms with Crippen molar-refractivity contribution in [2.45, 2.75) is 19.4 Å². The fraction of sp³-hybridized carbons (Fsp3) is 0.500. The maximum absolute atomic E-state index is 9.44. The van der Waals surface area contributed by atoms with E-state index in [-0.39, 0.29) is 0 Å². The highest BCUT2D eigenvalue weighted by molar-refractivity contribution is 5.58. The molecule has 0 aromatic heterocycles. The van der Waals surface area contributed by atoms with Crippen LogP contribution in [0.2, 0.25) is 0 Å². The second kappa shape index (κ2) is 6.35. The molecule has 1 rings (SSSR count). The minimum atomic E-state index is -0.416. The van der Waals surface area contributed by atoms with Crippen LogP contribution in [0, 0.1) is 6.92 Å². The average Bonchev–Trinajstić information content (AvgIpc) is 2.24. The van der Waals surface area contributed by atoms with E-state index in [0.717, 1.165) is 16.9 Å². The molecule has 0 aliphatic carbocycles. The van der Waals surface area contributed by atoms with Gasteiger partial charge in [0, 0.05) is 25.0 Å². The van der Waals surface area contributed by atoms with E-state index in [1.165, 1.54) is 0 Å². The van der Waals surface area contributed by atoms with Crippen molar-refractivity contribution < 1.29 is 9.84 Å². The number of methoxy groups -OCH3 is 1. The van der Waals surface area contributed by atoms with Crippen LogP contribution in [0.5, 0.6) is 0 Å². The molecule has 1 atom stereocenters. The molecule has 0 fully saturated rings. The van der Waals surface area contributed by atoms with Gasteiger partial charge in [0.1, 0.15) is 0 Å². The third-order valence-electron chi connectivity index (χ3n) is 2.44. The Morgan fingerprint density at radius 1 is 1.50 bits per heavy atom. The Morgan fingerprint density at radius 3 is 2.88 bits per heavy atom. The van der Waals surface area contributed by atoms with Crippen molar-refractivity contribution in [2.24, 2.45) is 0 Å². The van der Waals surface area contributed by atoms with Crippen LogP contribution in [-0.4, -0.2) is 31.5 Å². The molecule has 0 heterocycles. The van der Waals surface area contributed by atoms with Gasteiger partial charge in [-0.25, -0.2) is 0 Å². The fourth-order valence-corrected chi connectivity index (χ4v) is 1.41. The number of aliphatic hydroxyl groups excluding tert-OH is 1. The number of anilines is 2. The SMILES string of the molecule is COCC(O)CCNc1ccc(C)c(N)c1. The summed E-state index contributed by atoms with van der Waals surface area (Å²) >= 11 is 0. The molecule has 0 aliphatic heterocycles. The number of aliphatic hydroxyl groups is 1. The van der Waals surface area contributed by atoms with Crippen LogP contribution in [0.4, 0.5) is 11.4 Å². The molecule has 1 unspecified atom stereocenters. The van der Waals surface area contributed by atoms with E-state index < -0.39 is 6.10 Å². The number of aryl methyl sites for hydroxylation is 1. The van der Waals surface area contributed by atoms with E-state index in [9.17, 15) is 5.11 Å². The van der Waals surface area contributed by atoms with Gasteiger partial charge >= 0.3 is 0 Å². The zero-order chi connectivity index (χ0) is 12.0. The summed E-state index contributed by atoms with van der Waals surface area (Å²) in [5.41, 5.74) is 8.62. The third kappa shape index (κ3) is 4.08. The molecule has 1 aromatic carbocycles. The van der Waals surface area contributed by atoms with Crippen LogP contribution in [0.15, 0.2) is 18.2 Å². The van der Waals surface area contributed by atoms with Crippen molar-refractivity contribution in [1.29, 1.82) is 0 Å². The van der Waals surface area contributed by atoms with E-state index in [0.29, 0.717) is 19.6 Å². The lowest BCUT2D eigenvalue weighted by atomic mass is 10.2. The smallest absolute Gasteiger partial charge is 0.0790 e. The molecule has 0 spiro atoms. The largest absolute Gasteiger partial charge is 0.398 e. The van der Waals surface area contributed by atoms with E-state index in [2.05, 4.69) is 5.32 Å². The summed E-state index contributed by atoms with van der Waals surface area (Å²) < 4.78 is 4.84. The monoisotopic (exact) mass is 224 g/mol.